The molecule has 0 aromatic heterocycles. The van der Waals surface area contributed by atoms with Gasteiger partial charge in [0.1, 0.15) is 12.4 Å². The number of aliphatic hydroxyl groups is 1. The summed E-state index contributed by atoms with van der Waals surface area (Å²) in [7, 11) is 0. The van der Waals surface area contributed by atoms with Crippen molar-refractivity contribution in [1.82, 2.24) is 5.32 Å². The van der Waals surface area contributed by atoms with Crippen LogP contribution in [0.15, 0.2) is 84.9 Å². The molecule has 0 fully saturated rings. The molecule has 2 N–H and O–H groups in total. The Hall–Kier alpha value is -2.62. The Bertz CT molecular complexity index is 759. The van der Waals surface area contributed by atoms with Gasteiger partial charge in [-0.1, -0.05) is 72.8 Å². The Balaban J connectivity index is 1.62. The highest BCUT2D eigenvalue weighted by Gasteiger charge is 2.10. The summed E-state index contributed by atoms with van der Waals surface area (Å²) < 4.78 is 5.88. The maximum absolute atomic E-state index is 9.75. The van der Waals surface area contributed by atoms with E-state index in [0.29, 0.717) is 13.2 Å². The molecule has 25 heavy (non-hydrogen) atoms. The second kappa shape index (κ2) is 9.02. The second-order valence-electron chi connectivity index (χ2n) is 5.95. The summed E-state index contributed by atoms with van der Waals surface area (Å²) in [6, 6.07) is 28.0. The highest BCUT2D eigenvalue weighted by atomic mass is 16.5. The molecule has 3 aromatic rings. The van der Waals surface area contributed by atoms with Gasteiger partial charge < -0.3 is 15.2 Å². The Morgan fingerprint density at radius 1 is 0.800 bits per heavy atom. The third kappa shape index (κ3) is 5.18. The highest BCUT2D eigenvalue weighted by molar-refractivity contribution is 5.31. The van der Waals surface area contributed by atoms with Crippen molar-refractivity contribution >= 4 is 0 Å². The lowest BCUT2D eigenvalue weighted by Crippen LogP contribution is -2.24. The Morgan fingerprint density at radius 2 is 1.48 bits per heavy atom. The molecule has 1 unspecified atom stereocenters. The number of ether oxygens (including phenoxy) is 1. The summed E-state index contributed by atoms with van der Waals surface area (Å²) >= 11 is 0. The molecule has 0 spiro atoms. The second-order valence-corrected chi connectivity index (χ2v) is 5.95. The van der Waals surface area contributed by atoms with Crippen molar-refractivity contribution < 1.29 is 9.84 Å². The maximum Gasteiger partial charge on any atom is 0.120 e. The molecule has 0 bridgehead atoms. The minimum absolute atomic E-state index is 0.0367. The molecule has 0 amide bonds. The van der Waals surface area contributed by atoms with E-state index in [2.05, 4.69) is 17.4 Å². The lowest BCUT2D eigenvalue weighted by Gasteiger charge is -2.18. The molecule has 3 rings (SSSR count). The van der Waals surface area contributed by atoms with Crippen LogP contribution >= 0.6 is 0 Å². The molecular formula is C22H23NO2. The first-order chi connectivity index (χ1) is 12.3. The van der Waals surface area contributed by atoms with Gasteiger partial charge in [-0.05, 0) is 28.8 Å². The number of hydrogen-bond donors (Lipinski definition) is 2. The van der Waals surface area contributed by atoms with Crippen molar-refractivity contribution in [3.05, 3.63) is 102 Å². The van der Waals surface area contributed by atoms with E-state index >= 15 is 0 Å². The molecule has 0 saturated carbocycles. The molecule has 0 aliphatic carbocycles. The fraction of sp³-hybridized carbons (Fsp3) is 0.182. The van der Waals surface area contributed by atoms with Crippen LogP contribution in [0.2, 0.25) is 0 Å². The van der Waals surface area contributed by atoms with Crippen LogP contribution in [-0.4, -0.2) is 11.7 Å². The maximum atomic E-state index is 9.75. The summed E-state index contributed by atoms with van der Waals surface area (Å²) in [5.74, 6) is 0.807. The van der Waals surface area contributed by atoms with E-state index in [0.717, 1.165) is 16.9 Å². The molecule has 0 aliphatic rings. The summed E-state index contributed by atoms with van der Waals surface area (Å²) in [4.78, 5) is 0. The number of nitrogens with one attached hydrogen (secondary N) is 1. The minimum atomic E-state index is -0.125. The molecule has 3 nitrogen and oxygen atoms in total. The molecule has 1 atom stereocenters. The van der Waals surface area contributed by atoms with Gasteiger partial charge in [0, 0.05) is 6.54 Å². The average molecular weight is 333 g/mol. The molecule has 3 heteroatoms. The van der Waals surface area contributed by atoms with Gasteiger partial charge in [0.25, 0.3) is 0 Å². The monoisotopic (exact) mass is 333 g/mol. The summed E-state index contributed by atoms with van der Waals surface area (Å²) in [5, 5.41) is 13.2. The van der Waals surface area contributed by atoms with Gasteiger partial charge in [0.2, 0.25) is 0 Å². The smallest absolute Gasteiger partial charge is 0.120 e. The van der Waals surface area contributed by atoms with Crippen LogP contribution in [0.1, 0.15) is 22.7 Å². The van der Waals surface area contributed by atoms with Crippen LogP contribution in [0.3, 0.4) is 0 Å². The predicted octanol–water partition coefficient (Wildman–Crippen LogP) is 4.09. The van der Waals surface area contributed by atoms with Gasteiger partial charge in [-0.3, -0.25) is 0 Å². The molecule has 0 heterocycles. The zero-order chi connectivity index (χ0) is 17.3. The third-order valence-electron chi connectivity index (χ3n) is 4.09. The predicted molar refractivity (Wildman–Crippen MR) is 100 cm³/mol. The van der Waals surface area contributed by atoms with Crippen molar-refractivity contribution in [3.8, 4) is 5.75 Å². The molecule has 128 valence electrons. The molecule has 0 radical (unpaired) electrons. The van der Waals surface area contributed by atoms with Gasteiger partial charge >= 0.3 is 0 Å². The van der Waals surface area contributed by atoms with E-state index in [9.17, 15) is 5.11 Å². The SMILES string of the molecule is OCC(NCc1ccccc1)c1cccc(OCc2ccccc2)c1. The van der Waals surface area contributed by atoms with E-state index < -0.39 is 0 Å². The topological polar surface area (TPSA) is 41.5 Å². The highest BCUT2D eigenvalue weighted by Crippen LogP contribution is 2.20. The zero-order valence-electron chi connectivity index (χ0n) is 14.1. The first-order valence-electron chi connectivity index (χ1n) is 8.50. The summed E-state index contributed by atoms with van der Waals surface area (Å²) in [6.07, 6.45) is 0. The van der Waals surface area contributed by atoms with Crippen LogP contribution in [0.25, 0.3) is 0 Å². The lowest BCUT2D eigenvalue weighted by molar-refractivity contribution is 0.243. The van der Waals surface area contributed by atoms with E-state index in [1.54, 1.807) is 0 Å². The standard InChI is InChI=1S/C22H23NO2/c24-16-22(23-15-18-8-3-1-4-9-18)20-12-7-13-21(14-20)25-17-19-10-5-2-6-11-19/h1-14,22-24H,15-17H2. The number of hydrogen-bond acceptors (Lipinski definition) is 3. The van der Waals surface area contributed by atoms with Crippen molar-refractivity contribution in [3.63, 3.8) is 0 Å². The van der Waals surface area contributed by atoms with Crippen molar-refractivity contribution in [2.75, 3.05) is 6.61 Å². The van der Waals surface area contributed by atoms with Gasteiger partial charge in [-0.15, -0.1) is 0 Å². The third-order valence-corrected chi connectivity index (χ3v) is 4.09. The molecule has 0 saturated heterocycles. The van der Waals surface area contributed by atoms with E-state index in [4.69, 9.17) is 4.74 Å². The Labute approximate surface area is 148 Å². The van der Waals surface area contributed by atoms with Crippen LogP contribution in [0.5, 0.6) is 5.75 Å². The van der Waals surface area contributed by atoms with Gasteiger partial charge in [0.05, 0.1) is 12.6 Å². The van der Waals surface area contributed by atoms with Crippen molar-refractivity contribution in [2.24, 2.45) is 0 Å². The molecule has 0 aliphatic heterocycles. The minimum Gasteiger partial charge on any atom is -0.489 e. The largest absolute Gasteiger partial charge is 0.489 e. The van der Waals surface area contributed by atoms with E-state index in [1.165, 1.54) is 5.56 Å². The molecular weight excluding hydrogens is 310 g/mol. The number of benzene rings is 3. The summed E-state index contributed by atoms with van der Waals surface area (Å²) in [6.45, 7) is 1.28. The first-order valence-corrected chi connectivity index (χ1v) is 8.50. The molecule has 3 aromatic carbocycles. The Kier molecular flexibility index (Phi) is 6.21. The normalized spacial score (nSPS) is 11.9. The van der Waals surface area contributed by atoms with Crippen LogP contribution in [0.4, 0.5) is 0 Å². The fourth-order valence-electron chi connectivity index (χ4n) is 2.69. The van der Waals surface area contributed by atoms with E-state index in [1.807, 2.05) is 72.8 Å². The van der Waals surface area contributed by atoms with Crippen LogP contribution < -0.4 is 10.1 Å². The average Bonchev–Trinajstić information content (AvgIpc) is 2.69. The number of rotatable bonds is 8. The first kappa shape index (κ1) is 17.2. The zero-order valence-corrected chi connectivity index (χ0v) is 14.1. The van der Waals surface area contributed by atoms with Gasteiger partial charge in [0.15, 0.2) is 0 Å². The van der Waals surface area contributed by atoms with Gasteiger partial charge in [-0.25, -0.2) is 0 Å². The number of aliphatic hydroxyl groups excluding tert-OH is 1. The fourth-order valence-corrected chi connectivity index (χ4v) is 2.69. The summed E-state index contributed by atoms with van der Waals surface area (Å²) in [5.41, 5.74) is 3.34. The Morgan fingerprint density at radius 3 is 2.16 bits per heavy atom. The van der Waals surface area contributed by atoms with Crippen molar-refractivity contribution in [2.45, 2.75) is 19.2 Å². The van der Waals surface area contributed by atoms with Gasteiger partial charge in [-0.2, -0.15) is 0 Å². The van der Waals surface area contributed by atoms with Crippen LogP contribution in [-0.2, 0) is 13.2 Å². The van der Waals surface area contributed by atoms with E-state index in [-0.39, 0.29) is 12.6 Å². The lowest BCUT2D eigenvalue weighted by atomic mass is 10.1. The van der Waals surface area contributed by atoms with Crippen LogP contribution in [0, 0.1) is 0 Å². The van der Waals surface area contributed by atoms with Crippen molar-refractivity contribution in [1.29, 1.82) is 0 Å². The quantitative estimate of drug-likeness (QED) is 0.652.